The van der Waals surface area contributed by atoms with E-state index < -0.39 is 71.4 Å². The molecule has 0 spiro atoms. The molecule has 3 aromatic carbocycles. The van der Waals surface area contributed by atoms with Crippen molar-refractivity contribution in [1.29, 1.82) is 0 Å². The second-order valence-corrected chi connectivity index (χ2v) is 11.9. The third kappa shape index (κ3) is 9.78. The van der Waals surface area contributed by atoms with Crippen LogP contribution in [0.2, 0.25) is 0 Å². The van der Waals surface area contributed by atoms with E-state index in [9.17, 15) is 47.7 Å². The Morgan fingerprint density at radius 1 is 0.875 bits per heavy atom. The molecule has 0 unspecified atom stereocenters. The minimum atomic E-state index is -1.36. The summed E-state index contributed by atoms with van der Waals surface area (Å²) in [6.45, 7) is -0.204. The quantitative estimate of drug-likeness (QED) is 0.132. The van der Waals surface area contributed by atoms with E-state index in [4.69, 9.17) is 5.73 Å². The molecule has 1 fully saturated rings. The predicted molar refractivity (Wildman–Crippen MR) is 167 cm³/mol. The number of carbonyl (C=O) groups excluding carboxylic acids is 2. The normalized spacial score (nSPS) is 17.8. The first-order valence-corrected chi connectivity index (χ1v) is 15.3. The van der Waals surface area contributed by atoms with Crippen molar-refractivity contribution in [1.82, 2.24) is 15.5 Å². The van der Waals surface area contributed by atoms with Gasteiger partial charge in [0.2, 0.25) is 11.8 Å². The van der Waals surface area contributed by atoms with Gasteiger partial charge in [0.05, 0.1) is 6.04 Å². The number of nitrogens with one attached hydrogen (secondary N) is 2. The lowest BCUT2D eigenvalue weighted by atomic mass is 10.0. The highest BCUT2D eigenvalue weighted by molar-refractivity contribution is 5.89. The maximum atomic E-state index is 14.1. The number of amides is 2. The number of benzene rings is 3. The number of rotatable bonds is 15. The molecule has 1 saturated heterocycles. The highest BCUT2D eigenvalue weighted by Crippen LogP contribution is 2.22. The smallest absolute Gasteiger partial charge is 0.326 e. The SMILES string of the molecule is N[C@@H](CC(=O)N[C@H]1C[C@@H](C(=O)O)N(C(=O)[C@H](Cc2ccc(O)cc2)N[C@@H](CCc2ccccc2)C(=O)O)C1)Cc1cc(F)c(F)cc1F. The molecule has 0 aromatic heterocycles. The summed E-state index contributed by atoms with van der Waals surface area (Å²) in [5, 5.41) is 35.3. The van der Waals surface area contributed by atoms with Crippen LogP contribution in [-0.4, -0.2) is 80.7 Å². The summed E-state index contributed by atoms with van der Waals surface area (Å²) in [5.74, 6) is -7.49. The minimum absolute atomic E-state index is 0.0143. The summed E-state index contributed by atoms with van der Waals surface area (Å²) < 4.78 is 40.9. The van der Waals surface area contributed by atoms with Gasteiger partial charge in [0, 0.05) is 37.5 Å². The first-order chi connectivity index (χ1) is 22.8. The monoisotopic (exact) mass is 670 g/mol. The Morgan fingerprint density at radius 3 is 2.19 bits per heavy atom. The molecule has 0 aliphatic carbocycles. The van der Waals surface area contributed by atoms with E-state index in [1.165, 1.54) is 12.1 Å². The van der Waals surface area contributed by atoms with Crippen molar-refractivity contribution in [3.8, 4) is 5.75 Å². The van der Waals surface area contributed by atoms with Crippen molar-refractivity contribution in [2.45, 2.75) is 68.7 Å². The molecule has 0 radical (unpaired) electrons. The van der Waals surface area contributed by atoms with Crippen LogP contribution in [0.1, 0.15) is 36.0 Å². The number of carbonyl (C=O) groups is 4. The molecule has 4 rings (SSSR count). The minimum Gasteiger partial charge on any atom is -0.508 e. The Labute approximate surface area is 274 Å². The summed E-state index contributed by atoms with van der Waals surface area (Å²) in [5.41, 5.74) is 7.23. The molecule has 14 heteroatoms. The van der Waals surface area contributed by atoms with E-state index >= 15 is 0 Å². The van der Waals surface area contributed by atoms with Crippen molar-refractivity contribution in [2.75, 3.05) is 6.54 Å². The van der Waals surface area contributed by atoms with Crippen LogP contribution in [-0.2, 0) is 38.4 Å². The molecule has 256 valence electrons. The van der Waals surface area contributed by atoms with Crippen LogP contribution in [0.4, 0.5) is 13.2 Å². The molecular weight excluding hydrogens is 633 g/mol. The first kappa shape index (κ1) is 35.9. The van der Waals surface area contributed by atoms with E-state index in [-0.39, 0.29) is 50.0 Å². The molecule has 7 N–H and O–H groups in total. The largest absolute Gasteiger partial charge is 0.508 e. The average molecular weight is 671 g/mol. The van der Waals surface area contributed by atoms with Gasteiger partial charge in [0.25, 0.3) is 0 Å². The summed E-state index contributed by atoms with van der Waals surface area (Å²) in [6.07, 6.45) is -0.276. The van der Waals surface area contributed by atoms with Crippen molar-refractivity contribution in [3.05, 3.63) is 101 Å². The lowest BCUT2D eigenvalue weighted by molar-refractivity contribution is -0.149. The number of phenols is 1. The van der Waals surface area contributed by atoms with Gasteiger partial charge >= 0.3 is 11.9 Å². The third-order valence-electron chi connectivity index (χ3n) is 8.19. The Bertz CT molecular complexity index is 1610. The van der Waals surface area contributed by atoms with Crippen LogP contribution in [0.15, 0.2) is 66.7 Å². The molecule has 11 nitrogen and oxygen atoms in total. The van der Waals surface area contributed by atoms with Crippen LogP contribution in [0.3, 0.4) is 0 Å². The number of hydrogen-bond donors (Lipinski definition) is 6. The number of aromatic hydroxyl groups is 1. The molecule has 3 aromatic rings. The number of halogens is 3. The number of phenolic OH excluding ortho intramolecular Hbond substituents is 1. The average Bonchev–Trinajstić information content (AvgIpc) is 3.46. The number of aliphatic carboxylic acids is 2. The topological polar surface area (TPSA) is 182 Å². The van der Waals surface area contributed by atoms with E-state index in [1.54, 1.807) is 12.1 Å². The lowest BCUT2D eigenvalue weighted by Crippen LogP contribution is -2.55. The number of hydrogen-bond acceptors (Lipinski definition) is 7. The zero-order valence-corrected chi connectivity index (χ0v) is 25.8. The fourth-order valence-electron chi connectivity index (χ4n) is 5.78. The van der Waals surface area contributed by atoms with Gasteiger partial charge < -0.3 is 31.3 Å². The number of aryl methyl sites for hydroxylation is 1. The number of carboxylic acids is 2. The summed E-state index contributed by atoms with van der Waals surface area (Å²) in [6, 6.07) is 10.7. The predicted octanol–water partition coefficient (Wildman–Crippen LogP) is 2.53. The van der Waals surface area contributed by atoms with E-state index in [1.807, 2.05) is 30.3 Å². The van der Waals surface area contributed by atoms with E-state index in [2.05, 4.69) is 10.6 Å². The number of likely N-dealkylation sites (tertiary alicyclic amines) is 1. The Balaban J connectivity index is 1.46. The van der Waals surface area contributed by atoms with Gasteiger partial charge in [-0.3, -0.25) is 19.7 Å². The lowest BCUT2D eigenvalue weighted by Gasteiger charge is -2.29. The molecular formula is C34H37F3N4O7. The van der Waals surface area contributed by atoms with Gasteiger partial charge in [-0.25, -0.2) is 18.0 Å². The van der Waals surface area contributed by atoms with Crippen molar-refractivity contribution >= 4 is 23.8 Å². The van der Waals surface area contributed by atoms with E-state index in [0.717, 1.165) is 10.5 Å². The molecule has 5 atom stereocenters. The number of nitrogens with two attached hydrogens (primary N) is 1. The third-order valence-corrected chi connectivity index (χ3v) is 8.19. The standard InChI is InChI=1S/C34H37F3N4O7/c35-25-17-27(37)26(36)14-21(25)13-22(38)15-31(43)39-23-16-30(34(47)48)41(18-23)32(44)29(12-20-6-9-24(42)10-7-20)40-28(33(45)46)11-8-19-4-2-1-3-5-19/h1-7,9-10,14,17,22-23,28-30,40,42H,8,11-13,15-16,18,38H2,(H,39,43)(H,45,46)(H,47,48)/t22-,23+,28+,29+,30+/m1/s1. The Morgan fingerprint density at radius 2 is 1.54 bits per heavy atom. The highest BCUT2D eigenvalue weighted by Gasteiger charge is 2.43. The molecule has 0 bridgehead atoms. The van der Waals surface area contributed by atoms with Gasteiger partial charge in [0.1, 0.15) is 23.7 Å². The highest BCUT2D eigenvalue weighted by atomic mass is 19.2. The molecule has 48 heavy (non-hydrogen) atoms. The molecule has 0 saturated carbocycles. The van der Waals surface area contributed by atoms with Crippen molar-refractivity contribution in [2.24, 2.45) is 5.73 Å². The van der Waals surface area contributed by atoms with E-state index in [0.29, 0.717) is 24.1 Å². The van der Waals surface area contributed by atoms with Crippen LogP contribution < -0.4 is 16.4 Å². The van der Waals surface area contributed by atoms with Gasteiger partial charge in [-0.1, -0.05) is 42.5 Å². The van der Waals surface area contributed by atoms with Crippen molar-refractivity contribution in [3.63, 3.8) is 0 Å². The summed E-state index contributed by atoms with van der Waals surface area (Å²) in [7, 11) is 0. The van der Waals surface area contributed by atoms with Gasteiger partial charge in [-0.15, -0.1) is 0 Å². The second kappa shape index (κ2) is 16.2. The molecule has 1 aliphatic heterocycles. The zero-order valence-electron chi connectivity index (χ0n) is 25.8. The fourth-order valence-corrected chi connectivity index (χ4v) is 5.78. The van der Waals surface area contributed by atoms with Gasteiger partial charge in [0.15, 0.2) is 11.6 Å². The first-order valence-electron chi connectivity index (χ1n) is 15.3. The van der Waals surface area contributed by atoms with Crippen LogP contribution in [0, 0.1) is 17.5 Å². The maximum Gasteiger partial charge on any atom is 0.326 e. The van der Waals surface area contributed by atoms with Crippen molar-refractivity contribution < 1.29 is 47.7 Å². The van der Waals surface area contributed by atoms with Crippen LogP contribution >= 0.6 is 0 Å². The maximum absolute atomic E-state index is 14.1. The summed E-state index contributed by atoms with van der Waals surface area (Å²) in [4.78, 5) is 52.4. The molecule has 2 amide bonds. The zero-order chi connectivity index (χ0) is 35.0. The number of carboxylic acid groups (broad SMARTS) is 2. The fraction of sp³-hybridized carbons (Fsp3) is 0.353. The number of nitrogens with zero attached hydrogens (tertiary/aromatic N) is 1. The molecule has 1 aliphatic rings. The second-order valence-electron chi connectivity index (χ2n) is 11.9. The Kier molecular flexibility index (Phi) is 12.1. The van der Waals surface area contributed by atoms with Gasteiger partial charge in [-0.2, -0.15) is 0 Å². The van der Waals surface area contributed by atoms with Crippen LogP contribution in [0.25, 0.3) is 0 Å². The van der Waals surface area contributed by atoms with Crippen LogP contribution in [0.5, 0.6) is 5.75 Å². The summed E-state index contributed by atoms with van der Waals surface area (Å²) >= 11 is 0. The molecule has 1 heterocycles. The Hall–Kier alpha value is -4.95. The van der Waals surface area contributed by atoms with Gasteiger partial charge in [-0.05, 0) is 60.6 Å².